The lowest BCUT2D eigenvalue weighted by atomic mass is 10.3. The smallest absolute Gasteiger partial charge is 0.323 e. The summed E-state index contributed by atoms with van der Waals surface area (Å²) in [6, 6.07) is 0. The molecular formula is C11H20N4O3. The summed E-state index contributed by atoms with van der Waals surface area (Å²) >= 11 is 0. The Kier molecular flexibility index (Phi) is 4.51. The molecule has 0 saturated carbocycles. The molecule has 0 radical (unpaired) electrons. The van der Waals surface area contributed by atoms with Gasteiger partial charge >= 0.3 is 11.8 Å². The third kappa shape index (κ3) is 3.41. The average Bonchev–Trinajstić information content (AvgIpc) is 2.41. The van der Waals surface area contributed by atoms with Crippen molar-refractivity contribution in [1.82, 2.24) is 20.2 Å². The fraction of sp³-hybridized carbons (Fsp3) is 0.818. The van der Waals surface area contributed by atoms with Gasteiger partial charge in [0.25, 0.3) is 0 Å². The maximum absolute atomic E-state index is 11.9. The van der Waals surface area contributed by atoms with Crippen LogP contribution in [0, 0.1) is 0 Å². The standard InChI is InChI=1S/C11H20N4O3/c1-13-2-4-15(5-3-13)12-10(16)11(17)14-6-8-18-9-7-14/h2-9H2,1H3,(H,12,16). The molecular weight excluding hydrogens is 236 g/mol. The topological polar surface area (TPSA) is 65.1 Å². The molecule has 2 fully saturated rings. The molecule has 0 atom stereocenters. The maximum Gasteiger partial charge on any atom is 0.323 e. The first kappa shape index (κ1) is 13.3. The Hall–Kier alpha value is -1.18. The molecule has 7 nitrogen and oxygen atoms in total. The average molecular weight is 256 g/mol. The summed E-state index contributed by atoms with van der Waals surface area (Å²) in [5, 5.41) is 1.81. The first-order chi connectivity index (χ1) is 8.66. The third-order valence-electron chi connectivity index (χ3n) is 3.26. The molecule has 0 bridgehead atoms. The van der Waals surface area contributed by atoms with Crippen molar-refractivity contribution >= 4 is 11.8 Å². The molecule has 18 heavy (non-hydrogen) atoms. The van der Waals surface area contributed by atoms with Gasteiger partial charge in [0.2, 0.25) is 0 Å². The zero-order valence-corrected chi connectivity index (χ0v) is 10.7. The third-order valence-corrected chi connectivity index (χ3v) is 3.26. The van der Waals surface area contributed by atoms with E-state index in [0.29, 0.717) is 26.3 Å². The lowest BCUT2D eigenvalue weighted by Crippen LogP contribution is -2.56. The van der Waals surface area contributed by atoms with Crippen molar-refractivity contribution in [3.8, 4) is 0 Å². The van der Waals surface area contributed by atoms with Crippen molar-refractivity contribution in [1.29, 1.82) is 0 Å². The Bertz CT molecular complexity index is 309. The predicted molar refractivity (Wildman–Crippen MR) is 64.6 cm³/mol. The number of carbonyl (C=O) groups excluding carboxylic acids is 2. The summed E-state index contributed by atoms with van der Waals surface area (Å²) in [5.74, 6) is -1.00. The van der Waals surface area contributed by atoms with E-state index < -0.39 is 11.8 Å². The van der Waals surface area contributed by atoms with E-state index in [0.717, 1.165) is 26.2 Å². The molecule has 2 saturated heterocycles. The number of likely N-dealkylation sites (N-methyl/N-ethyl adjacent to an activating group) is 1. The van der Waals surface area contributed by atoms with Crippen molar-refractivity contribution in [2.24, 2.45) is 0 Å². The number of hydrogen-bond acceptors (Lipinski definition) is 5. The monoisotopic (exact) mass is 256 g/mol. The number of hydrazine groups is 1. The minimum atomic E-state index is -0.540. The van der Waals surface area contributed by atoms with E-state index in [9.17, 15) is 9.59 Å². The predicted octanol–water partition coefficient (Wildman–Crippen LogP) is -1.88. The van der Waals surface area contributed by atoms with Gasteiger partial charge in [-0.15, -0.1) is 0 Å². The Morgan fingerprint density at radius 1 is 1.00 bits per heavy atom. The minimum Gasteiger partial charge on any atom is -0.378 e. The lowest BCUT2D eigenvalue weighted by Gasteiger charge is -2.33. The normalized spacial score (nSPS) is 22.8. The first-order valence-electron chi connectivity index (χ1n) is 6.28. The van der Waals surface area contributed by atoms with E-state index in [1.54, 1.807) is 5.01 Å². The lowest BCUT2D eigenvalue weighted by molar-refractivity contribution is -0.151. The van der Waals surface area contributed by atoms with Gasteiger partial charge in [-0.2, -0.15) is 0 Å². The molecule has 2 heterocycles. The summed E-state index contributed by atoms with van der Waals surface area (Å²) in [6.07, 6.45) is 0. The highest BCUT2D eigenvalue weighted by Gasteiger charge is 2.25. The largest absolute Gasteiger partial charge is 0.378 e. The van der Waals surface area contributed by atoms with E-state index >= 15 is 0 Å². The van der Waals surface area contributed by atoms with E-state index in [1.165, 1.54) is 4.90 Å². The number of piperazine rings is 1. The van der Waals surface area contributed by atoms with Crippen molar-refractivity contribution in [3.05, 3.63) is 0 Å². The number of ether oxygens (including phenoxy) is 1. The molecule has 2 rings (SSSR count). The molecule has 1 N–H and O–H groups in total. The van der Waals surface area contributed by atoms with Crippen LogP contribution in [0.1, 0.15) is 0 Å². The molecule has 2 amide bonds. The van der Waals surface area contributed by atoms with E-state index in [-0.39, 0.29) is 0 Å². The van der Waals surface area contributed by atoms with Gasteiger partial charge in [0.15, 0.2) is 0 Å². The van der Waals surface area contributed by atoms with Crippen LogP contribution in [0.3, 0.4) is 0 Å². The fourth-order valence-electron chi connectivity index (χ4n) is 2.02. The highest BCUT2D eigenvalue weighted by atomic mass is 16.5. The van der Waals surface area contributed by atoms with Crippen molar-refractivity contribution < 1.29 is 14.3 Å². The molecule has 0 aromatic carbocycles. The molecule has 2 aliphatic heterocycles. The summed E-state index contributed by atoms with van der Waals surface area (Å²) in [5.41, 5.74) is 2.67. The molecule has 102 valence electrons. The van der Waals surface area contributed by atoms with E-state index in [4.69, 9.17) is 4.74 Å². The highest BCUT2D eigenvalue weighted by Crippen LogP contribution is 1.99. The zero-order valence-electron chi connectivity index (χ0n) is 10.7. The number of carbonyl (C=O) groups is 2. The van der Waals surface area contributed by atoms with Gasteiger partial charge in [0.05, 0.1) is 13.2 Å². The minimum absolute atomic E-state index is 0.461. The van der Waals surface area contributed by atoms with E-state index in [2.05, 4.69) is 10.3 Å². The number of hydrogen-bond donors (Lipinski definition) is 1. The number of morpholine rings is 1. The van der Waals surface area contributed by atoms with Crippen LogP contribution >= 0.6 is 0 Å². The van der Waals surface area contributed by atoms with Gasteiger partial charge in [-0.05, 0) is 7.05 Å². The molecule has 2 aliphatic rings. The van der Waals surface area contributed by atoms with E-state index in [1.807, 2.05) is 7.05 Å². The Balaban J connectivity index is 1.78. The number of amides is 2. The molecule has 0 aromatic rings. The summed E-state index contributed by atoms with van der Waals surface area (Å²) < 4.78 is 5.15. The first-order valence-corrected chi connectivity index (χ1v) is 6.28. The van der Waals surface area contributed by atoms with Crippen LogP contribution in [0.25, 0.3) is 0 Å². The number of rotatable bonds is 1. The highest BCUT2D eigenvalue weighted by molar-refractivity contribution is 6.34. The maximum atomic E-state index is 11.9. The van der Waals surface area contributed by atoms with Gasteiger partial charge in [0.1, 0.15) is 0 Å². The van der Waals surface area contributed by atoms with Crippen LogP contribution in [0.4, 0.5) is 0 Å². The van der Waals surface area contributed by atoms with Gasteiger partial charge in [0, 0.05) is 39.3 Å². The fourth-order valence-corrected chi connectivity index (χ4v) is 2.02. The van der Waals surface area contributed by atoms with Crippen molar-refractivity contribution in [2.45, 2.75) is 0 Å². The van der Waals surface area contributed by atoms with Crippen LogP contribution < -0.4 is 5.43 Å². The van der Waals surface area contributed by atoms with Gasteiger partial charge in [-0.1, -0.05) is 0 Å². The Morgan fingerprint density at radius 3 is 2.22 bits per heavy atom. The zero-order chi connectivity index (χ0) is 13.0. The number of nitrogens with zero attached hydrogens (tertiary/aromatic N) is 3. The molecule has 7 heteroatoms. The summed E-state index contributed by atoms with van der Waals surface area (Å²) in [6.45, 7) is 5.29. The van der Waals surface area contributed by atoms with Crippen LogP contribution in [0.2, 0.25) is 0 Å². The summed E-state index contributed by atoms with van der Waals surface area (Å²) in [7, 11) is 2.04. The van der Waals surface area contributed by atoms with Crippen molar-refractivity contribution in [2.75, 3.05) is 59.5 Å². The van der Waals surface area contributed by atoms with Gasteiger partial charge in [-0.25, -0.2) is 5.01 Å². The molecule has 0 unspecified atom stereocenters. The molecule has 0 aliphatic carbocycles. The van der Waals surface area contributed by atoms with Crippen LogP contribution in [0.5, 0.6) is 0 Å². The second-order valence-corrected chi connectivity index (χ2v) is 4.64. The molecule has 0 spiro atoms. The number of nitrogens with one attached hydrogen (secondary N) is 1. The Morgan fingerprint density at radius 2 is 1.61 bits per heavy atom. The van der Waals surface area contributed by atoms with Crippen LogP contribution in [0.15, 0.2) is 0 Å². The quantitative estimate of drug-likeness (QED) is 0.557. The van der Waals surface area contributed by atoms with Crippen LogP contribution in [-0.2, 0) is 14.3 Å². The second kappa shape index (κ2) is 6.12. The Labute approximate surface area is 107 Å². The second-order valence-electron chi connectivity index (χ2n) is 4.64. The molecule has 0 aromatic heterocycles. The van der Waals surface area contributed by atoms with Gasteiger partial charge in [-0.3, -0.25) is 15.0 Å². The van der Waals surface area contributed by atoms with Crippen molar-refractivity contribution in [3.63, 3.8) is 0 Å². The van der Waals surface area contributed by atoms with Crippen LogP contribution in [-0.4, -0.2) is 86.2 Å². The SMILES string of the molecule is CN1CCN(NC(=O)C(=O)N2CCOCC2)CC1. The van der Waals surface area contributed by atoms with Gasteiger partial charge < -0.3 is 14.5 Å². The summed E-state index contributed by atoms with van der Waals surface area (Å²) in [4.78, 5) is 27.4.